The zero-order chi connectivity index (χ0) is 21.8. The van der Waals surface area contributed by atoms with Crippen LogP contribution >= 0.6 is 0 Å². The quantitative estimate of drug-likeness (QED) is 0.328. The molecule has 7 heteroatoms. The van der Waals surface area contributed by atoms with Crippen LogP contribution in [0.2, 0.25) is 0 Å². The SMILES string of the molecule is CCNC(=NCc1cccc(OCCCOC)c1)NC(C)c1ccc(OC)c(F)c1. The zero-order valence-corrected chi connectivity index (χ0v) is 18.2. The molecule has 0 aliphatic carbocycles. The third-order valence-electron chi connectivity index (χ3n) is 4.45. The van der Waals surface area contributed by atoms with E-state index in [2.05, 4.69) is 15.6 Å². The maximum atomic E-state index is 14.0. The van der Waals surface area contributed by atoms with E-state index in [4.69, 9.17) is 14.2 Å². The molecule has 0 amide bonds. The lowest BCUT2D eigenvalue weighted by molar-refractivity contribution is 0.172. The molecular weight excluding hydrogens is 385 g/mol. The predicted octanol–water partition coefficient (Wildman–Crippen LogP) is 4.07. The maximum absolute atomic E-state index is 14.0. The number of nitrogens with one attached hydrogen (secondary N) is 2. The van der Waals surface area contributed by atoms with Crippen molar-refractivity contribution in [2.45, 2.75) is 32.9 Å². The number of halogens is 1. The van der Waals surface area contributed by atoms with Crippen molar-refractivity contribution in [3.8, 4) is 11.5 Å². The van der Waals surface area contributed by atoms with Crippen LogP contribution in [0.1, 0.15) is 37.4 Å². The summed E-state index contributed by atoms with van der Waals surface area (Å²) >= 11 is 0. The Bertz CT molecular complexity index is 814. The lowest BCUT2D eigenvalue weighted by Gasteiger charge is -2.19. The van der Waals surface area contributed by atoms with E-state index >= 15 is 0 Å². The highest BCUT2D eigenvalue weighted by molar-refractivity contribution is 5.80. The van der Waals surface area contributed by atoms with Gasteiger partial charge in [-0.1, -0.05) is 18.2 Å². The Morgan fingerprint density at radius 1 is 1.13 bits per heavy atom. The standard InChI is InChI=1S/C23H32FN3O3/c1-5-25-23(27-17(2)19-10-11-22(29-4)21(24)15-19)26-16-18-8-6-9-20(14-18)30-13-7-12-28-3/h6,8-11,14-15,17H,5,7,12-13,16H2,1-4H3,(H2,25,26,27). The van der Waals surface area contributed by atoms with E-state index in [1.165, 1.54) is 13.2 Å². The molecule has 1 unspecified atom stereocenters. The highest BCUT2D eigenvalue weighted by atomic mass is 19.1. The molecule has 2 aromatic carbocycles. The summed E-state index contributed by atoms with van der Waals surface area (Å²) in [6, 6.07) is 12.7. The second-order valence-corrected chi connectivity index (χ2v) is 6.80. The molecule has 0 aromatic heterocycles. The number of hydrogen-bond donors (Lipinski definition) is 2. The third kappa shape index (κ3) is 7.55. The number of benzene rings is 2. The molecule has 0 bridgehead atoms. The van der Waals surface area contributed by atoms with Crippen molar-refractivity contribution in [3.63, 3.8) is 0 Å². The Hall–Kier alpha value is -2.80. The van der Waals surface area contributed by atoms with E-state index < -0.39 is 0 Å². The highest BCUT2D eigenvalue weighted by Crippen LogP contribution is 2.21. The van der Waals surface area contributed by atoms with Gasteiger partial charge in [-0.15, -0.1) is 0 Å². The third-order valence-corrected chi connectivity index (χ3v) is 4.45. The van der Waals surface area contributed by atoms with Crippen LogP contribution in [0.4, 0.5) is 4.39 Å². The van der Waals surface area contributed by atoms with E-state index in [9.17, 15) is 4.39 Å². The number of guanidine groups is 1. The Morgan fingerprint density at radius 2 is 1.97 bits per heavy atom. The summed E-state index contributed by atoms with van der Waals surface area (Å²) in [4.78, 5) is 4.66. The summed E-state index contributed by atoms with van der Waals surface area (Å²) in [6.45, 7) is 6.47. The van der Waals surface area contributed by atoms with Gasteiger partial charge in [-0.3, -0.25) is 0 Å². The molecule has 30 heavy (non-hydrogen) atoms. The Kier molecular flexibility index (Phi) is 9.94. The van der Waals surface area contributed by atoms with Crippen molar-refractivity contribution in [1.82, 2.24) is 10.6 Å². The number of aliphatic imine (C=N–C) groups is 1. The maximum Gasteiger partial charge on any atom is 0.192 e. The van der Waals surface area contributed by atoms with Crippen molar-refractivity contribution in [2.24, 2.45) is 4.99 Å². The topological polar surface area (TPSA) is 64.1 Å². The minimum absolute atomic E-state index is 0.126. The number of nitrogens with zero attached hydrogens (tertiary/aromatic N) is 1. The average Bonchev–Trinajstić information content (AvgIpc) is 2.75. The van der Waals surface area contributed by atoms with Crippen LogP contribution in [-0.2, 0) is 11.3 Å². The fraction of sp³-hybridized carbons (Fsp3) is 0.435. The number of rotatable bonds is 11. The molecular formula is C23H32FN3O3. The first kappa shape index (κ1) is 23.5. The van der Waals surface area contributed by atoms with Gasteiger partial charge in [0, 0.05) is 26.7 Å². The number of ether oxygens (including phenoxy) is 3. The molecule has 0 fully saturated rings. The minimum atomic E-state index is -0.382. The van der Waals surface area contributed by atoms with E-state index in [-0.39, 0.29) is 17.6 Å². The molecule has 0 radical (unpaired) electrons. The van der Waals surface area contributed by atoms with Gasteiger partial charge in [-0.05, 0) is 49.2 Å². The molecule has 0 aliphatic rings. The van der Waals surface area contributed by atoms with E-state index in [0.29, 0.717) is 25.7 Å². The van der Waals surface area contributed by atoms with Gasteiger partial charge in [0.05, 0.1) is 26.3 Å². The van der Waals surface area contributed by atoms with Gasteiger partial charge >= 0.3 is 0 Å². The second kappa shape index (κ2) is 12.7. The molecule has 6 nitrogen and oxygen atoms in total. The first-order valence-electron chi connectivity index (χ1n) is 10.2. The first-order valence-corrected chi connectivity index (χ1v) is 10.2. The summed E-state index contributed by atoms with van der Waals surface area (Å²) in [5, 5.41) is 6.55. The zero-order valence-electron chi connectivity index (χ0n) is 18.2. The molecule has 1 atom stereocenters. The molecule has 0 heterocycles. The molecule has 0 aliphatic heterocycles. The van der Waals surface area contributed by atoms with Gasteiger partial charge in [0.1, 0.15) is 5.75 Å². The second-order valence-electron chi connectivity index (χ2n) is 6.80. The first-order chi connectivity index (χ1) is 14.6. The Labute approximate surface area is 178 Å². The largest absolute Gasteiger partial charge is 0.494 e. The lowest BCUT2D eigenvalue weighted by atomic mass is 10.1. The van der Waals surface area contributed by atoms with Gasteiger partial charge < -0.3 is 24.8 Å². The molecule has 2 N–H and O–H groups in total. The fourth-order valence-corrected chi connectivity index (χ4v) is 2.86. The highest BCUT2D eigenvalue weighted by Gasteiger charge is 2.11. The van der Waals surface area contributed by atoms with Crippen molar-refractivity contribution in [3.05, 3.63) is 59.4 Å². The molecule has 2 rings (SSSR count). The summed E-state index contributed by atoms with van der Waals surface area (Å²) in [5.41, 5.74) is 1.85. The van der Waals surface area contributed by atoms with E-state index in [0.717, 1.165) is 29.8 Å². The van der Waals surface area contributed by atoms with Crippen molar-refractivity contribution >= 4 is 5.96 Å². The van der Waals surface area contributed by atoms with Crippen LogP contribution < -0.4 is 20.1 Å². The smallest absolute Gasteiger partial charge is 0.192 e. The number of methoxy groups -OCH3 is 2. The van der Waals surface area contributed by atoms with Crippen LogP contribution in [0.25, 0.3) is 0 Å². The van der Waals surface area contributed by atoms with E-state index in [1.54, 1.807) is 13.2 Å². The predicted molar refractivity (Wildman–Crippen MR) is 118 cm³/mol. The van der Waals surface area contributed by atoms with Crippen LogP contribution in [0.5, 0.6) is 11.5 Å². The monoisotopic (exact) mass is 417 g/mol. The molecule has 2 aromatic rings. The van der Waals surface area contributed by atoms with E-state index in [1.807, 2.05) is 44.2 Å². The summed E-state index contributed by atoms with van der Waals surface area (Å²) < 4.78 is 29.8. The van der Waals surface area contributed by atoms with Crippen LogP contribution in [0.3, 0.4) is 0 Å². The van der Waals surface area contributed by atoms with Gasteiger partial charge in [-0.25, -0.2) is 9.38 Å². The van der Waals surface area contributed by atoms with Crippen molar-refractivity contribution in [2.75, 3.05) is 34.0 Å². The minimum Gasteiger partial charge on any atom is -0.494 e. The Morgan fingerprint density at radius 3 is 2.67 bits per heavy atom. The van der Waals surface area contributed by atoms with Crippen molar-refractivity contribution in [1.29, 1.82) is 0 Å². The summed E-state index contributed by atoms with van der Waals surface area (Å²) in [6.07, 6.45) is 0.844. The fourth-order valence-electron chi connectivity index (χ4n) is 2.86. The van der Waals surface area contributed by atoms with Crippen LogP contribution in [-0.4, -0.2) is 39.9 Å². The van der Waals surface area contributed by atoms with Gasteiger partial charge in [-0.2, -0.15) is 0 Å². The summed E-state index contributed by atoms with van der Waals surface area (Å²) in [7, 11) is 3.13. The lowest BCUT2D eigenvalue weighted by Crippen LogP contribution is -2.38. The molecule has 0 saturated carbocycles. The number of hydrogen-bond acceptors (Lipinski definition) is 4. The van der Waals surface area contributed by atoms with Crippen molar-refractivity contribution < 1.29 is 18.6 Å². The van der Waals surface area contributed by atoms with Gasteiger partial charge in [0.2, 0.25) is 0 Å². The molecule has 0 saturated heterocycles. The van der Waals surface area contributed by atoms with Crippen LogP contribution in [0.15, 0.2) is 47.5 Å². The molecule has 164 valence electrons. The molecule has 0 spiro atoms. The summed E-state index contributed by atoms with van der Waals surface area (Å²) in [5.74, 6) is 1.33. The van der Waals surface area contributed by atoms with Gasteiger partial charge in [0.15, 0.2) is 17.5 Å². The Balaban J connectivity index is 2.00. The van der Waals surface area contributed by atoms with Crippen LogP contribution in [0, 0.1) is 5.82 Å². The normalized spacial score (nSPS) is 12.4. The van der Waals surface area contributed by atoms with Gasteiger partial charge in [0.25, 0.3) is 0 Å². The average molecular weight is 418 g/mol.